The summed E-state index contributed by atoms with van der Waals surface area (Å²) in [5, 5.41) is 19.9. The second-order valence-corrected chi connectivity index (χ2v) is 7.97. The first kappa shape index (κ1) is 16.0. The highest BCUT2D eigenvalue weighted by molar-refractivity contribution is 6.07. The molecule has 26 heavy (non-hydrogen) atoms. The summed E-state index contributed by atoms with van der Waals surface area (Å²) >= 11 is 0. The fourth-order valence-corrected chi connectivity index (χ4v) is 5.44. The fourth-order valence-electron chi connectivity index (χ4n) is 5.44. The van der Waals surface area contributed by atoms with E-state index in [2.05, 4.69) is 6.07 Å². The van der Waals surface area contributed by atoms with Crippen molar-refractivity contribution in [3.63, 3.8) is 0 Å². The lowest BCUT2D eigenvalue weighted by atomic mass is 9.71. The van der Waals surface area contributed by atoms with Gasteiger partial charge in [-0.1, -0.05) is 0 Å². The lowest BCUT2D eigenvalue weighted by Crippen LogP contribution is -2.64. The van der Waals surface area contributed by atoms with Crippen molar-refractivity contribution in [1.82, 2.24) is 9.88 Å². The second-order valence-electron chi connectivity index (χ2n) is 7.97. The minimum absolute atomic E-state index is 0.0191. The van der Waals surface area contributed by atoms with Crippen molar-refractivity contribution in [3.05, 3.63) is 34.3 Å². The zero-order valence-corrected chi connectivity index (χ0v) is 14.7. The largest absolute Gasteiger partial charge is 0.477 e. The van der Waals surface area contributed by atoms with Crippen molar-refractivity contribution in [2.45, 2.75) is 57.6 Å². The van der Waals surface area contributed by atoms with E-state index in [1.807, 2.05) is 0 Å². The number of carboxylic acid groups (broad SMARTS) is 1. The number of aliphatic hydroxyl groups excluding tert-OH is 1. The number of hydrogen-bond donors (Lipinski definition) is 2. The third-order valence-corrected chi connectivity index (χ3v) is 6.55. The topological polar surface area (TPSA) is 90.7 Å². The summed E-state index contributed by atoms with van der Waals surface area (Å²) in [4.78, 5) is 30.9. The van der Waals surface area contributed by atoms with Crippen LogP contribution in [0.15, 0.2) is 11.8 Å². The van der Waals surface area contributed by atoms with Gasteiger partial charge in [-0.25, -0.2) is 4.79 Å². The van der Waals surface area contributed by atoms with Crippen LogP contribution in [0.25, 0.3) is 5.57 Å². The monoisotopic (exact) mass is 354 g/mol. The van der Waals surface area contributed by atoms with Gasteiger partial charge < -0.3 is 15.1 Å². The average molecular weight is 354 g/mol. The summed E-state index contributed by atoms with van der Waals surface area (Å²) in [6.45, 7) is 1.62. The quantitative estimate of drug-likeness (QED) is 0.786. The van der Waals surface area contributed by atoms with E-state index in [0.717, 1.165) is 61.0 Å². The van der Waals surface area contributed by atoms with E-state index in [1.54, 1.807) is 6.92 Å². The Labute approximate surface area is 151 Å². The third kappa shape index (κ3) is 1.93. The zero-order chi connectivity index (χ0) is 18.2. The number of nitrogens with zero attached hydrogens (tertiary/aromatic N) is 2. The normalized spacial score (nSPS) is 30.2. The highest BCUT2D eigenvalue weighted by Gasteiger charge is 2.61. The summed E-state index contributed by atoms with van der Waals surface area (Å²) in [6, 6.07) is 1.91. The van der Waals surface area contributed by atoms with Gasteiger partial charge in [-0.15, -0.1) is 0 Å². The van der Waals surface area contributed by atoms with E-state index in [4.69, 9.17) is 4.98 Å². The van der Waals surface area contributed by atoms with Crippen molar-refractivity contribution in [2.24, 2.45) is 11.8 Å². The molecule has 0 unspecified atom stereocenters. The van der Waals surface area contributed by atoms with Crippen molar-refractivity contribution in [2.75, 3.05) is 0 Å². The van der Waals surface area contributed by atoms with Crippen molar-refractivity contribution in [3.8, 4) is 0 Å². The van der Waals surface area contributed by atoms with Gasteiger partial charge in [0.1, 0.15) is 5.70 Å². The molecule has 0 bridgehead atoms. The lowest BCUT2D eigenvalue weighted by Gasteiger charge is -2.47. The van der Waals surface area contributed by atoms with E-state index >= 15 is 0 Å². The standard InChI is InChI=1S/C20H22N2O4/c1-9(23)15-17-11-6-7-14-12(8-10-4-2-3-5-13(10)21-14)16(11)18(20(25)26)22(17)19(15)24/h8-9,11,15,17,23H,2-7H2,1H3,(H,25,26)/t9-,11+,15-,17-/m1/s1. The average Bonchev–Trinajstić information content (AvgIpc) is 2.90. The molecule has 0 radical (unpaired) electrons. The molecule has 0 aromatic carbocycles. The molecule has 3 heterocycles. The van der Waals surface area contributed by atoms with Crippen LogP contribution in [-0.2, 0) is 28.9 Å². The molecule has 1 fully saturated rings. The van der Waals surface area contributed by atoms with E-state index in [9.17, 15) is 19.8 Å². The van der Waals surface area contributed by atoms with Gasteiger partial charge in [-0.05, 0) is 62.7 Å². The summed E-state index contributed by atoms with van der Waals surface area (Å²) in [5.74, 6) is -1.85. The van der Waals surface area contributed by atoms with Gasteiger partial charge in [0.2, 0.25) is 5.91 Å². The van der Waals surface area contributed by atoms with Crippen LogP contribution < -0.4 is 0 Å². The number of aromatic nitrogens is 1. The van der Waals surface area contributed by atoms with E-state index < -0.39 is 18.0 Å². The highest BCUT2D eigenvalue weighted by Crippen LogP contribution is 2.54. The number of carbonyl (C=O) groups excluding carboxylic acids is 1. The van der Waals surface area contributed by atoms with Gasteiger partial charge in [0, 0.05) is 22.9 Å². The Balaban J connectivity index is 1.68. The molecular formula is C20H22N2O4. The number of rotatable bonds is 2. The number of aliphatic carboxylic acids is 1. The number of carboxylic acids is 1. The maximum Gasteiger partial charge on any atom is 0.352 e. The highest BCUT2D eigenvalue weighted by atomic mass is 16.4. The molecule has 4 aliphatic rings. The maximum atomic E-state index is 12.5. The maximum absolute atomic E-state index is 12.5. The molecule has 2 N–H and O–H groups in total. The van der Waals surface area contributed by atoms with E-state index in [-0.39, 0.29) is 23.6 Å². The zero-order valence-electron chi connectivity index (χ0n) is 14.7. The molecule has 2 aliphatic carbocycles. The van der Waals surface area contributed by atoms with Crippen LogP contribution in [0, 0.1) is 11.8 Å². The molecule has 0 saturated carbocycles. The molecule has 5 rings (SSSR count). The number of carbonyl (C=O) groups is 2. The molecule has 6 nitrogen and oxygen atoms in total. The summed E-state index contributed by atoms with van der Waals surface area (Å²) < 4.78 is 0. The van der Waals surface area contributed by atoms with Gasteiger partial charge in [-0.2, -0.15) is 0 Å². The van der Waals surface area contributed by atoms with Crippen molar-refractivity contribution >= 4 is 17.4 Å². The minimum atomic E-state index is -1.06. The van der Waals surface area contributed by atoms with E-state index in [1.165, 1.54) is 10.5 Å². The van der Waals surface area contributed by atoms with Crippen LogP contribution in [0.3, 0.4) is 0 Å². The fraction of sp³-hybridized carbons (Fsp3) is 0.550. The number of aliphatic hydroxyl groups is 1. The first-order valence-electron chi connectivity index (χ1n) is 9.49. The number of hydrogen-bond acceptors (Lipinski definition) is 4. The molecule has 4 atom stereocenters. The van der Waals surface area contributed by atoms with Crippen LogP contribution in [0.1, 0.15) is 48.7 Å². The Morgan fingerprint density at radius 1 is 1.27 bits per heavy atom. The van der Waals surface area contributed by atoms with Crippen LogP contribution in [0.5, 0.6) is 0 Å². The molecule has 6 heteroatoms. The summed E-state index contributed by atoms with van der Waals surface area (Å²) in [7, 11) is 0. The number of pyridine rings is 1. The minimum Gasteiger partial charge on any atom is -0.477 e. The number of β-lactam (4-membered cyclic amide) rings is 1. The Kier molecular flexibility index (Phi) is 3.32. The first-order chi connectivity index (χ1) is 12.5. The van der Waals surface area contributed by atoms with Gasteiger partial charge >= 0.3 is 5.97 Å². The van der Waals surface area contributed by atoms with Gasteiger partial charge in [0.15, 0.2) is 0 Å². The molecule has 2 aliphatic heterocycles. The lowest BCUT2D eigenvalue weighted by molar-refractivity contribution is -0.163. The second kappa shape index (κ2) is 5.39. The number of fused-ring (bicyclic) bond motifs is 6. The molecule has 136 valence electrons. The molecule has 1 aromatic heterocycles. The SMILES string of the molecule is C[C@@H](O)[C@H]1C(=O)N2C(C(=O)O)=C3c4cc5c(nc4CC[C@@H]3[C@H]12)CCCC5. The van der Waals surface area contributed by atoms with Gasteiger partial charge in [0.05, 0.1) is 18.1 Å². The Morgan fingerprint density at radius 3 is 2.77 bits per heavy atom. The van der Waals surface area contributed by atoms with Crippen molar-refractivity contribution in [1.29, 1.82) is 0 Å². The number of aryl methyl sites for hydroxylation is 3. The van der Waals surface area contributed by atoms with Crippen LogP contribution in [0.2, 0.25) is 0 Å². The Hall–Kier alpha value is -2.21. The predicted molar refractivity (Wildman–Crippen MR) is 93.1 cm³/mol. The smallest absolute Gasteiger partial charge is 0.352 e. The van der Waals surface area contributed by atoms with Gasteiger partial charge in [-0.3, -0.25) is 9.78 Å². The Morgan fingerprint density at radius 2 is 2.04 bits per heavy atom. The van der Waals surface area contributed by atoms with Crippen LogP contribution in [-0.4, -0.2) is 44.1 Å². The third-order valence-electron chi connectivity index (χ3n) is 6.55. The molecule has 1 amide bonds. The first-order valence-corrected chi connectivity index (χ1v) is 9.49. The molecule has 1 aromatic rings. The van der Waals surface area contributed by atoms with Crippen LogP contribution in [0.4, 0.5) is 0 Å². The predicted octanol–water partition coefficient (Wildman–Crippen LogP) is 1.54. The summed E-state index contributed by atoms with van der Waals surface area (Å²) in [5.41, 5.74) is 5.15. The van der Waals surface area contributed by atoms with E-state index in [0.29, 0.717) is 0 Å². The van der Waals surface area contributed by atoms with Gasteiger partial charge in [0.25, 0.3) is 0 Å². The molecule has 0 spiro atoms. The Bertz CT molecular complexity index is 873. The molecule has 1 saturated heterocycles. The molecular weight excluding hydrogens is 332 g/mol. The number of amides is 1. The van der Waals surface area contributed by atoms with Crippen molar-refractivity contribution < 1.29 is 19.8 Å². The summed E-state index contributed by atoms with van der Waals surface area (Å²) in [6.07, 6.45) is 5.09. The van der Waals surface area contributed by atoms with Crippen LogP contribution >= 0.6 is 0 Å².